The Morgan fingerprint density at radius 1 is 1.07 bits per heavy atom. The molecular formula is C21H22FN3O3S. The quantitative estimate of drug-likeness (QED) is 0.703. The van der Waals surface area contributed by atoms with Gasteiger partial charge in [-0.05, 0) is 62.2 Å². The number of pyridine rings is 1. The number of amides is 1. The average Bonchev–Trinajstić information content (AvgIpc) is 2.63. The van der Waals surface area contributed by atoms with Crippen LogP contribution < -0.4 is 5.32 Å². The van der Waals surface area contributed by atoms with Crippen molar-refractivity contribution >= 4 is 32.5 Å². The van der Waals surface area contributed by atoms with E-state index in [9.17, 15) is 17.6 Å². The van der Waals surface area contributed by atoms with Gasteiger partial charge in [-0.25, -0.2) is 17.1 Å². The van der Waals surface area contributed by atoms with Gasteiger partial charge in [0, 0.05) is 36.9 Å². The highest BCUT2D eigenvalue weighted by molar-refractivity contribution is 7.89. The molecule has 0 saturated carbocycles. The molecule has 8 heteroatoms. The van der Waals surface area contributed by atoms with Gasteiger partial charge in [0.25, 0.3) is 5.91 Å². The summed E-state index contributed by atoms with van der Waals surface area (Å²) in [6.45, 7) is 5.32. The number of aromatic nitrogens is 1. The number of benzene rings is 2. The van der Waals surface area contributed by atoms with E-state index in [0.717, 1.165) is 15.4 Å². The molecular weight excluding hydrogens is 393 g/mol. The number of aryl methyl sites for hydroxylation is 2. The Labute approximate surface area is 169 Å². The molecule has 0 fully saturated rings. The maximum atomic E-state index is 13.6. The maximum absolute atomic E-state index is 13.6. The minimum Gasteiger partial charge on any atom is -0.322 e. The Kier molecular flexibility index (Phi) is 5.42. The number of nitrogens with one attached hydrogen (secondary N) is 1. The van der Waals surface area contributed by atoms with Crippen LogP contribution in [0.2, 0.25) is 0 Å². The van der Waals surface area contributed by atoms with E-state index in [0.29, 0.717) is 27.8 Å². The number of nitrogens with zero attached hydrogens (tertiary/aromatic N) is 2. The van der Waals surface area contributed by atoms with Crippen LogP contribution in [0.4, 0.5) is 10.1 Å². The first kappa shape index (κ1) is 20.9. The molecule has 0 bridgehead atoms. The van der Waals surface area contributed by atoms with Crippen molar-refractivity contribution in [2.24, 2.45) is 0 Å². The van der Waals surface area contributed by atoms with Crippen molar-refractivity contribution in [1.82, 2.24) is 9.29 Å². The van der Waals surface area contributed by atoms with Gasteiger partial charge < -0.3 is 5.32 Å². The number of hydrogen-bond donors (Lipinski definition) is 1. The zero-order valence-corrected chi connectivity index (χ0v) is 17.7. The summed E-state index contributed by atoms with van der Waals surface area (Å²) in [6, 6.07) is 8.71. The largest absolute Gasteiger partial charge is 0.322 e. The molecule has 0 unspecified atom stereocenters. The number of carbonyl (C=O) groups excluding carboxylic acids is 1. The summed E-state index contributed by atoms with van der Waals surface area (Å²) in [5.74, 6) is -0.857. The second-order valence-electron chi connectivity index (χ2n) is 7.13. The lowest BCUT2D eigenvalue weighted by Crippen LogP contribution is -2.23. The third kappa shape index (κ3) is 3.99. The van der Waals surface area contributed by atoms with Gasteiger partial charge in [-0.1, -0.05) is 0 Å². The first-order valence-electron chi connectivity index (χ1n) is 8.92. The lowest BCUT2D eigenvalue weighted by molar-refractivity contribution is 0.102. The van der Waals surface area contributed by atoms with Crippen LogP contribution in [0.25, 0.3) is 10.9 Å². The standard InChI is InChI=1S/C21H22FN3O3S/c1-12-8-16(29(27,28)25(4)5)11-19(14(12)3)24-21(26)18-9-13(2)23-20-10-15(22)6-7-17(18)20/h6-11H,1-5H3,(H,24,26). The predicted molar refractivity (Wildman–Crippen MR) is 111 cm³/mol. The van der Waals surface area contributed by atoms with Gasteiger partial charge in [-0.3, -0.25) is 9.78 Å². The fourth-order valence-corrected chi connectivity index (χ4v) is 4.04. The Bertz CT molecular complexity index is 1230. The molecule has 1 heterocycles. The lowest BCUT2D eigenvalue weighted by Gasteiger charge is -2.17. The molecule has 2 aromatic carbocycles. The number of fused-ring (bicyclic) bond motifs is 1. The van der Waals surface area contributed by atoms with Gasteiger partial charge in [0.05, 0.1) is 16.0 Å². The van der Waals surface area contributed by atoms with Crippen molar-refractivity contribution in [3.8, 4) is 0 Å². The van der Waals surface area contributed by atoms with Crippen LogP contribution in [0.5, 0.6) is 0 Å². The van der Waals surface area contributed by atoms with Crippen LogP contribution in [0.15, 0.2) is 41.3 Å². The molecule has 1 aromatic heterocycles. The fraction of sp³-hybridized carbons (Fsp3) is 0.238. The summed E-state index contributed by atoms with van der Waals surface area (Å²) in [7, 11) is -0.751. The summed E-state index contributed by atoms with van der Waals surface area (Å²) in [5.41, 5.74) is 3.20. The molecule has 1 amide bonds. The molecule has 6 nitrogen and oxygen atoms in total. The molecule has 1 N–H and O–H groups in total. The van der Waals surface area contributed by atoms with Crippen molar-refractivity contribution < 1.29 is 17.6 Å². The minimum absolute atomic E-state index is 0.0961. The highest BCUT2D eigenvalue weighted by atomic mass is 32.2. The van der Waals surface area contributed by atoms with E-state index < -0.39 is 21.7 Å². The normalized spacial score (nSPS) is 11.8. The highest BCUT2D eigenvalue weighted by Crippen LogP contribution is 2.27. The Morgan fingerprint density at radius 2 is 1.76 bits per heavy atom. The van der Waals surface area contributed by atoms with Gasteiger partial charge in [0.1, 0.15) is 5.82 Å². The molecule has 0 aliphatic carbocycles. The zero-order valence-electron chi connectivity index (χ0n) is 16.9. The first-order valence-corrected chi connectivity index (χ1v) is 10.4. The summed E-state index contributed by atoms with van der Waals surface area (Å²) in [5, 5.41) is 3.32. The van der Waals surface area contributed by atoms with E-state index in [1.54, 1.807) is 26.0 Å². The topological polar surface area (TPSA) is 79.4 Å². The molecule has 0 saturated heterocycles. The average molecular weight is 415 g/mol. The van der Waals surface area contributed by atoms with E-state index >= 15 is 0 Å². The van der Waals surface area contributed by atoms with Crippen molar-refractivity contribution in [3.05, 3.63) is 64.6 Å². The Hall–Kier alpha value is -2.84. The second-order valence-corrected chi connectivity index (χ2v) is 9.28. The van der Waals surface area contributed by atoms with Gasteiger partial charge in [-0.2, -0.15) is 0 Å². The molecule has 152 valence electrons. The fourth-order valence-electron chi connectivity index (χ4n) is 3.03. The zero-order chi connectivity index (χ0) is 21.5. The molecule has 0 atom stereocenters. The van der Waals surface area contributed by atoms with Crippen LogP contribution >= 0.6 is 0 Å². The van der Waals surface area contributed by atoms with Crippen LogP contribution in [-0.2, 0) is 10.0 Å². The minimum atomic E-state index is -3.65. The SMILES string of the molecule is Cc1cc(C(=O)Nc2cc(S(=O)(=O)N(C)C)cc(C)c2C)c2ccc(F)cc2n1. The number of carbonyl (C=O) groups is 1. The third-order valence-corrected chi connectivity index (χ3v) is 6.61. The molecule has 0 aliphatic heterocycles. The monoisotopic (exact) mass is 415 g/mol. The summed E-state index contributed by atoms with van der Waals surface area (Å²) in [6.07, 6.45) is 0. The van der Waals surface area contributed by atoms with Crippen LogP contribution in [0.1, 0.15) is 27.2 Å². The van der Waals surface area contributed by atoms with Crippen molar-refractivity contribution in [3.63, 3.8) is 0 Å². The predicted octanol–water partition coefficient (Wildman–Crippen LogP) is 3.80. The van der Waals surface area contributed by atoms with E-state index in [1.807, 2.05) is 6.92 Å². The summed E-state index contributed by atoms with van der Waals surface area (Å²) < 4.78 is 39.7. The van der Waals surface area contributed by atoms with E-state index in [-0.39, 0.29) is 4.90 Å². The lowest BCUT2D eigenvalue weighted by atomic mass is 10.1. The number of halogens is 1. The maximum Gasteiger partial charge on any atom is 0.256 e. The van der Waals surface area contributed by atoms with E-state index in [4.69, 9.17) is 0 Å². The Morgan fingerprint density at radius 3 is 2.41 bits per heavy atom. The molecule has 3 rings (SSSR count). The number of rotatable bonds is 4. The third-order valence-electron chi connectivity index (χ3n) is 4.81. The molecule has 29 heavy (non-hydrogen) atoms. The van der Waals surface area contributed by atoms with Crippen molar-refractivity contribution in [1.29, 1.82) is 0 Å². The van der Waals surface area contributed by atoms with E-state index in [1.165, 1.54) is 38.4 Å². The second kappa shape index (κ2) is 7.53. The number of hydrogen-bond acceptors (Lipinski definition) is 4. The van der Waals surface area contributed by atoms with Crippen LogP contribution in [0.3, 0.4) is 0 Å². The number of sulfonamides is 1. The Balaban J connectivity index is 2.08. The van der Waals surface area contributed by atoms with Gasteiger partial charge in [-0.15, -0.1) is 0 Å². The first-order chi connectivity index (χ1) is 13.5. The van der Waals surface area contributed by atoms with Gasteiger partial charge in [0.15, 0.2) is 0 Å². The van der Waals surface area contributed by atoms with E-state index in [2.05, 4.69) is 10.3 Å². The highest BCUT2D eigenvalue weighted by Gasteiger charge is 2.21. The van der Waals surface area contributed by atoms with Gasteiger partial charge >= 0.3 is 0 Å². The summed E-state index contributed by atoms with van der Waals surface area (Å²) in [4.78, 5) is 17.4. The number of anilines is 1. The smallest absolute Gasteiger partial charge is 0.256 e. The molecule has 0 aliphatic rings. The molecule has 0 radical (unpaired) electrons. The molecule has 3 aromatic rings. The molecule has 0 spiro atoms. The van der Waals surface area contributed by atoms with Crippen LogP contribution in [0, 0.1) is 26.6 Å². The van der Waals surface area contributed by atoms with Crippen LogP contribution in [-0.4, -0.2) is 37.7 Å². The van der Waals surface area contributed by atoms with Gasteiger partial charge in [0.2, 0.25) is 10.0 Å². The van der Waals surface area contributed by atoms with Crippen molar-refractivity contribution in [2.75, 3.05) is 19.4 Å². The van der Waals surface area contributed by atoms with Crippen molar-refractivity contribution in [2.45, 2.75) is 25.7 Å². The summed E-state index contributed by atoms with van der Waals surface area (Å²) >= 11 is 0.